The highest BCUT2D eigenvalue weighted by Gasteiger charge is 2.33. The number of benzene rings is 2. The van der Waals surface area contributed by atoms with Gasteiger partial charge < -0.3 is 4.90 Å². The van der Waals surface area contributed by atoms with Gasteiger partial charge in [0.15, 0.2) is 5.82 Å². The second-order valence-electron chi connectivity index (χ2n) is 7.44. The largest absolute Gasteiger partial charge is 0.328 e. The number of aryl methyl sites for hydroxylation is 1. The molecule has 1 amide bonds. The van der Waals surface area contributed by atoms with Crippen LogP contribution in [0.25, 0.3) is 22.0 Å². The van der Waals surface area contributed by atoms with Gasteiger partial charge >= 0.3 is 0 Å². The lowest BCUT2D eigenvalue weighted by Gasteiger charge is -2.23. The third-order valence-electron chi connectivity index (χ3n) is 5.34. The Morgan fingerprint density at radius 1 is 1.10 bits per heavy atom. The first-order valence-electron chi connectivity index (χ1n) is 10.0. The summed E-state index contributed by atoms with van der Waals surface area (Å²) in [5.74, 6) is 1.42. The second kappa shape index (κ2) is 7.84. The first-order chi connectivity index (χ1) is 14.7. The number of aromatic amines is 1. The van der Waals surface area contributed by atoms with Gasteiger partial charge in [0.2, 0.25) is 0 Å². The molecule has 4 aromatic rings. The van der Waals surface area contributed by atoms with Gasteiger partial charge in [0.05, 0.1) is 6.04 Å². The van der Waals surface area contributed by atoms with E-state index in [0.717, 1.165) is 40.5 Å². The molecule has 1 N–H and O–H groups in total. The molecule has 0 unspecified atom stereocenters. The van der Waals surface area contributed by atoms with Crippen LogP contribution < -0.4 is 0 Å². The van der Waals surface area contributed by atoms with Gasteiger partial charge in [-0.1, -0.05) is 42.5 Å². The molecular weight excluding hydrogens is 394 g/mol. The number of rotatable bonds is 4. The van der Waals surface area contributed by atoms with E-state index in [1.54, 1.807) is 11.3 Å². The maximum atomic E-state index is 13.3. The Balaban J connectivity index is 1.40. The van der Waals surface area contributed by atoms with E-state index in [9.17, 15) is 4.79 Å². The lowest BCUT2D eigenvalue weighted by molar-refractivity contribution is 0.0730. The average molecular weight is 416 g/mol. The SMILES string of the molecule is Cc1csc(-c2cccc(C(=O)N3CCC[C@H]3c3nc(-c4ccccc4)n[nH]3)c2)n1. The summed E-state index contributed by atoms with van der Waals surface area (Å²) in [6, 6.07) is 17.5. The topological polar surface area (TPSA) is 74.8 Å². The fourth-order valence-electron chi connectivity index (χ4n) is 3.87. The van der Waals surface area contributed by atoms with Crippen LogP contribution in [0, 0.1) is 6.92 Å². The first-order valence-corrected chi connectivity index (χ1v) is 10.9. The van der Waals surface area contributed by atoms with Crippen molar-refractivity contribution in [2.75, 3.05) is 6.54 Å². The minimum absolute atomic E-state index is 0.0188. The van der Waals surface area contributed by atoms with Crippen LogP contribution in [0.4, 0.5) is 0 Å². The summed E-state index contributed by atoms with van der Waals surface area (Å²) in [5, 5.41) is 10.4. The van der Waals surface area contributed by atoms with Crippen molar-refractivity contribution in [3.05, 3.63) is 77.1 Å². The fraction of sp³-hybridized carbons (Fsp3) is 0.217. The van der Waals surface area contributed by atoms with Crippen LogP contribution in [0.1, 0.15) is 40.8 Å². The minimum Gasteiger partial charge on any atom is -0.328 e. The predicted octanol–water partition coefficient (Wildman–Crippen LogP) is 4.88. The van der Waals surface area contributed by atoms with E-state index in [1.807, 2.05) is 71.8 Å². The predicted molar refractivity (Wildman–Crippen MR) is 117 cm³/mol. The fourth-order valence-corrected chi connectivity index (χ4v) is 4.67. The van der Waals surface area contributed by atoms with Crippen LogP contribution in [0.3, 0.4) is 0 Å². The number of hydrogen-bond acceptors (Lipinski definition) is 5. The van der Waals surface area contributed by atoms with Crippen LogP contribution in [-0.4, -0.2) is 37.5 Å². The zero-order chi connectivity index (χ0) is 20.5. The standard InChI is InChI=1S/C23H21N5OS/c1-15-14-30-22(24-15)17-9-5-10-18(13-17)23(29)28-12-6-11-19(28)21-25-20(26-27-21)16-7-3-2-4-8-16/h2-5,7-10,13-14,19H,6,11-12H2,1H3,(H,25,26,27)/t19-/m0/s1. The molecule has 1 saturated heterocycles. The number of amides is 1. The molecule has 1 aliphatic rings. The van der Waals surface area contributed by atoms with Gasteiger partial charge in [0.1, 0.15) is 10.8 Å². The Kier molecular flexibility index (Phi) is 4.88. The smallest absolute Gasteiger partial charge is 0.254 e. The van der Waals surface area contributed by atoms with Crippen molar-refractivity contribution < 1.29 is 4.79 Å². The summed E-state index contributed by atoms with van der Waals surface area (Å²) < 4.78 is 0. The number of hydrogen-bond donors (Lipinski definition) is 1. The Morgan fingerprint density at radius 2 is 1.93 bits per heavy atom. The monoisotopic (exact) mass is 415 g/mol. The zero-order valence-corrected chi connectivity index (χ0v) is 17.4. The van der Waals surface area contributed by atoms with Crippen molar-refractivity contribution in [3.63, 3.8) is 0 Å². The molecule has 0 saturated carbocycles. The molecule has 1 aliphatic heterocycles. The average Bonchev–Trinajstić information content (AvgIpc) is 3.54. The molecule has 150 valence electrons. The lowest BCUT2D eigenvalue weighted by atomic mass is 10.1. The summed E-state index contributed by atoms with van der Waals surface area (Å²) in [7, 11) is 0. The van der Waals surface area contributed by atoms with Crippen LogP contribution in [0.2, 0.25) is 0 Å². The van der Waals surface area contributed by atoms with Crippen molar-refractivity contribution >= 4 is 17.2 Å². The summed E-state index contributed by atoms with van der Waals surface area (Å²) in [4.78, 5) is 24.5. The Hall–Kier alpha value is -3.32. The molecule has 1 atom stereocenters. The van der Waals surface area contributed by atoms with Gasteiger partial charge in [-0.25, -0.2) is 9.97 Å². The quantitative estimate of drug-likeness (QED) is 0.515. The van der Waals surface area contributed by atoms with E-state index < -0.39 is 0 Å². The molecule has 6 nitrogen and oxygen atoms in total. The van der Waals surface area contributed by atoms with E-state index in [2.05, 4.69) is 20.2 Å². The molecule has 7 heteroatoms. The molecule has 0 spiro atoms. The number of nitrogens with zero attached hydrogens (tertiary/aromatic N) is 4. The van der Waals surface area contributed by atoms with Gasteiger partial charge in [-0.15, -0.1) is 11.3 Å². The molecule has 0 radical (unpaired) electrons. The first kappa shape index (κ1) is 18.7. The lowest BCUT2D eigenvalue weighted by Crippen LogP contribution is -2.31. The van der Waals surface area contributed by atoms with Gasteiger partial charge in [-0.2, -0.15) is 5.10 Å². The highest BCUT2D eigenvalue weighted by atomic mass is 32.1. The third kappa shape index (κ3) is 3.52. The van der Waals surface area contributed by atoms with Crippen molar-refractivity contribution in [3.8, 4) is 22.0 Å². The van der Waals surface area contributed by atoms with Crippen LogP contribution in [-0.2, 0) is 0 Å². The normalized spacial score (nSPS) is 16.2. The summed E-state index contributed by atoms with van der Waals surface area (Å²) >= 11 is 1.59. The minimum atomic E-state index is -0.0896. The number of carbonyl (C=O) groups excluding carboxylic acids is 1. The molecule has 1 fully saturated rings. The zero-order valence-electron chi connectivity index (χ0n) is 16.6. The molecule has 30 heavy (non-hydrogen) atoms. The number of carbonyl (C=O) groups is 1. The number of H-pyrrole nitrogens is 1. The van der Waals surface area contributed by atoms with Crippen molar-refractivity contribution in [1.29, 1.82) is 0 Å². The Bertz CT molecular complexity index is 1180. The number of thiazole rings is 1. The van der Waals surface area contributed by atoms with E-state index in [-0.39, 0.29) is 11.9 Å². The Labute approximate surface area is 178 Å². The van der Waals surface area contributed by atoms with E-state index in [0.29, 0.717) is 17.9 Å². The molecule has 0 aliphatic carbocycles. The van der Waals surface area contributed by atoms with Crippen LogP contribution >= 0.6 is 11.3 Å². The summed E-state index contributed by atoms with van der Waals surface area (Å²) in [6.45, 7) is 2.69. The van der Waals surface area contributed by atoms with Crippen molar-refractivity contribution in [2.24, 2.45) is 0 Å². The second-order valence-corrected chi connectivity index (χ2v) is 8.30. The van der Waals surface area contributed by atoms with E-state index >= 15 is 0 Å². The molecule has 0 bridgehead atoms. The van der Waals surface area contributed by atoms with Gasteiger partial charge in [0.25, 0.3) is 5.91 Å². The maximum Gasteiger partial charge on any atom is 0.254 e. The third-order valence-corrected chi connectivity index (χ3v) is 6.35. The Morgan fingerprint density at radius 3 is 2.73 bits per heavy atom. The van der Waals surface area contributed by atoms with Crippen molar-refractivity contribution in [2.45, 2.75) is 25.8 Å². The summed E-state index contributed by atoms with van der Waals surface area (Å²) in [6.07, 6.45) is 1.82. The van der Waals surface area contributed by atoms with Crippen LogP contribution in [0.5, 0.6) is 0 Å². The van der Waals surface area contributed by atoms with Gasteiger partial charge in [-0.05, 0) is 31.9 Å². The molecule has 2 aromatic heterocycles. The molecule has 5 rings (SSSR count). The maximum absolute atomic E-state index is 13.3. The van der Waals surface area contributed by atoms with E-state index in [4.69, 9.17) is 0 Å². The van der Waals surface area contributed by atoms with Gasteiger partial charge in [0, 0.05) is 34.3 Å². The van der Waals surface area contributed by atoms with Gasteiger partial charge in [-0.3, -0.25) is 9.89 Å². The highest BCUT2D eigenvalue weighted by Crippen LogP contribution is 2.33. The van der Waals surface area contributed by atoms with Crippen LogP contribution in [0.15, 0.2) is 60.0 Å². The number of aromatic nitrogens is 4. The molecule has 2 aromatic carbocycles. The number of nitrogens with one attached hydrogen (secondary N) is 1. The molecule has 3 heterocycles. The summed E-state index contributed by atoms with van der Waals surface area (Å²) in [5.41, 5.74) is 3.60. The highest BCUT2D eigenvalue weighted by molar-refractivity contribution is 7.13. The van der Waals surface area contributed by atoms with Crippen molar-refractivity contribution in [1.82, 2.24) is 25.1 Å². The number of likely N-dealkylation sites (tertiary alicyclic amines) is 1. The van der Waals surface area contributed by atoms with E-state index in [1.165, 1.54) is 0 Å². The molecular formula is C23H21N5OS.